The number of para-hydroxylation sites is 4. The molecule has 1 aliphatic carbocycles. The van der Waals surface area contributed by atoms with E-state index in [1.54, 1.807) is 0 Å². The van der Waals surface area contributed by atoms with E-state index in [-0.39, 0.29) is 0 Å². The number of nitrogens with zero attached hydrogens (tertiary/aromatic N) is 3. The van der Waals surface area contributed by atoms with Gasteiger partial charge in [-0.25, -0.2) is 4.98 Å². The molecule has 0 unspecified atom stereocenters. The van der Waals surface area contributed by atoms with Gasteiger partial charge in [0.05, 0.1) is 39.3 Å². The molecule has 13 rings (SSSR count). The lowest BCUT2D eigenvalue weighted by Gasteiger charge is -2.39. The van der Waals surface area contributed by atoms with Gasteiger partial charge in [0.1, 0.15) is 11.5 Å². The van der Waals surface area contributed by atoms with Crippen molar-refractivity contribution in [3.05, 3.63) is 228 Å². The first-order valence-electron chi connectivity index (χ1n) is 20.7. The minimum Gasteiger partial charge on any atom is -0.457 e. The SMILES string of the molecule is N#Cc1ccc2c(c1)c1ccccc1n2-c1ccc(-c2cccc(-c3nc4ccccc4c4c5c(ccc34)C3(c4ccccc4Oc4ccccc43)c3ccccc3-5)c2)cc1. The van der Waals surface area contributed by atoms with Crippen LogP contribution in [0.25, 0.3) is 82.7 Å². The molecule has 0 N–H and O–H groups in total. The van der Waals surface area contributed by atoms with Crippen LogP contribution in [0.2, 0.25) is 0 Å². The van der Waals surface area contributed by atoms with Gasteiger partial charge < -0.3 is 9.30 Å². The molecule has 0 saturated heterocycles. The number of hydrogen-bond acceptors (Lipinski definition) is 3. The van der Waals surface area contributed by atoms with Crippen LogP contribution in [0.3, 0.4) is 0 Å². The van der Waals surface area contributed by atoms with Gasteiger partial charge in [0.15, 0.2) is 0 Å². The number of fused-ring (bicyclic) bond motifs is 16. The molecule has 2 aromatic heterocycles. The van der Waals surface area contributed by atoms with Crippen molar-refractivity contribution in [1.82, 2.24) is 9.55 Å². The molecule has 61 heavy (non-hydrogen) atoms. The van der Waals surface area contributed by atoms with E-state index in [1.807, 2.05) is 12.1 Å². The first kappa shape index (κ1) is 33.7. The summed E-state index contributed by atoms with van der Waals surface area (Å²) in [5.74, 6) is 1.77. The highest BCUT2D eigenvalue weighted by Crippen LogP contribution is 2.63. The van der Waals surface area contributed by atoms with E-state index in [0.717, 1.165) is 88.8 Å². The molecule has 1 aliphatic heterocycles. The lowest BCUT2D eigenvalue weighted by molar-refractivity contribution is 0.436. The number of ether oxygens (including phenoxy) is 1. The van der Waals surface area contributed by atoms with Crippen molar-refractivity contribution in [3.8, 4) is 56.8 Å². The van der Waals surface area contributed by atoms with Crippen LogP contribution in [-0.2, 0) is 5.41 Å². The zero-order chi connectivity index (χ0) is 40.2. The summed E-state index contributed by atoms with van der Waals surface area (Å²) in [4.78, 5) is 5.44. The Morgan fingerprint density at radius 1 is 0.475 bits per heavy atom. The molecule has 0 amide bonds. The Hall–Kier alpha value is -8.26. The maximum atomic E-state index is 9.64. The van der Waals surface area contributed by atoms with Crippen LogP contribution in [0.5, 0.6) is 11.5 Å². The van der Waals surface area contributed by atoms with Crippen molar-refractivity contribution in [2.75, 3.05) is 0 Å². The summed E-state index contributed by atoms with van der Waals surface area (Å²) in [5, 5.41) is 15.3. The minimum atomic E-state index is -0.555. The summed E-state index contributed by atoms with van der Waals surface area (Å²) in [5.41, 5.74) is 15.9. The first-order chi connectivity index (χ1) is 30.2. The quantitative estimate of drug-likeness (QED) is 0.168. The topological polar surface area (TPSA) is 50.8 Å². The second kappa shape index (κ2) is 12.6. The lowest BCUT2D eigenvalue weighted by Crippen LogP contribution is -2.32. The highest BCUT2D eigenvalue weighted by Gasteiger charge is 2.51. The van der Waals surface area contributed by atoms with Gasteiger partial charge in [0.25, 0.3) is 0 Å². The van der Waals surface area contributed by atoms with Crippen molar-refractivity contribution in [3.63, 3.8) is 0 Å². The average molecular weight is 776 g/mol. The molecule has 4 nitrogen and oxygen atoms in total. The fourth-order valence-electron chi connectivity index (χ4n) is 10.6. The molecule has 0 saturated carbocycles. The average Bonchev–Trinajstić information content (AvgIpc) is 3.82. The van der Waals surface area contributed by atoms with Gasteiger partial charge in [-0.05, 0) is 94.0 Å². The molecule has 11 aromatic rings. The Balaban J connectivity index is 0.999. The van der Waals surface area contributed by atoms with Gasteiger partial charge >= 0.3 is 0 Å². The number of pyridine rings is 1. The smallest absolute Gasteiger partial charge is 0.132 e. The summed E-state index contributed by atoms with van der Waals surface area (Å²) in [6.45, 7) is 0. The van der Waals surface area contributed by atoms with Gasteiger partial charge in [-0.1, -0.05) is 140 Å². The van der Waals surface area contributed by atoms with E-state index >= 15 is 0 Å². The Morgan fingerprint density at radius 3 is 1.95 bits per heavy atom. The van der Waals surface area contributed by atoms with Crippen molar-refractivity contribution in [2.24, 2.45) is 0 Å². The Kier molecular flexibility index (Phi) is 6.97. The largest absolute Gasteiger partial charge is 0.457 e. The zero-order valence-corrected chi connectivity index (χ0v) is 32.8. The number of aromatic nitrogens is 2. The van der Waals surface area contributed by atoms with Gasteiger partial charge in [-0.2, -0.15) is 5.26 Å². The molecule has 2 aliphatic rings. The molecule has 0 bridgehead atoms. The molecule has 0 atom stereocenters. The molecule has 9 aromatic carbocycles. The summed E-state index contributed by atoms with van der Waals surface area (Å²) in [6, 6.07) is 73.5. The summed E-state index contributed by atoms with van der Waals surface area (Å²) in [6.07, 6.45) is 0. The Morgan fingerprint density at radius 2 is 1.15 bits per heavy atom. The molecule has 0 radical (unpaired) electrons. The molecule has 4 heteroatoms. The highest BCUT2D eigenvalue weighted by molar-refractivity contribution is 6.19. The molecular weight excluding hydrogens is 743 g/mol. The first-order valence-corrected chi connectivity index (χ1v) is 20.7. The van der Waals surface area contributed by atoms with E-state index < -0.39 is 5.41 Å². The predicted molar refractivity (Wildman–Crippen MR) is 247 cm³/mol. The summed E-state index contributed by atoms with van der Waals surface area (Å²) < 4.78 is 8.91. The lowest BCUT2D eigenvalue weighted by atomic mass is 9.66. The minimum absolute atomic E-state index is 0.555. The van der Waals surface area contributed by atoms with Crippen molar-refractivity contribution in [2.45, 2.75) is 5.41 Å². The molecule has 1 spiro atoms. The van der Waals surface area contributed by atoms with Crippen LogP contribution in [-0.4, -0.2) is 9.55 Å². The van der Waals surface area contributed by atoms with Crippen LogP contribution in [0.4, 0.5) is 0 Å². The van der Waals surface area contributed by atoms with Gasteiger partial charge in [-0.15, -0.1) is 0 Å². The summed E-state index contributed by atoms with van der Waals surface area (Å²) >= 11 is 0. The normalized spacial score (nSPS) is 13.2. The van der Waals surface area contributed by atoms with Gasteiger partial charge in [0.2, 0.25) is 0 Å². The molecule has 3 heterocycles. The number of rotatable bonds is 3. The van der Waals surface area contributed by atoms with Crippen LogP contribution >= 0.6 is 0 Å². The maximum Gasteiger partial charge on any atom is 0.132 e. The zero-order valence-electron chi connectivity index (χ0n) is 32.8. The fourth-order valence-corrected chi connectivity index (χ4v) is 10.6. The number of hydrogen-bond donors (Lipinski definition) is 0. The third kappa shape index (κ3) is 4.60. The second-order valence-corrected chi connectivity index (χ2v) is 16.1. The van der Waals surface area contributed by atoms with Crippen LogP contribution in [0.1, 0.15) is 27.8 Å². The number of nitriles is 1. The third-order valence-corrected chi connectivity index (χ3v) is 13.1. The monoisotopic (exact) mass is 775 g/mol. The van der Waals surface area contributed by atoms with E-state index in [0.29, 0.717) is 5.56 Å². The van der Waals surface area contributed by atoms with Gasteiger partial charge in [-0.3, -0.25) is 0 Å². The molecule has 282 valence electrons. The molecular formula is C57H33N3O. The predicted octanol–water partition coefficient (Wildman–Crippen LogP) is 14.2. The summed E-state index contributed by atoms with van der Waals surface area (Å²) in [7, 11) is 0. The standard InChI is InChI=1S/C57H33N3O/c58-34-35-24-31-51-44(32-35)40-14-3-8-21-50(40)60(51)39-27-25-36(26-28-39)37-12-11-13-38(33-37)56-43-29-30-48-55(54(43)42-16-2-7-20-49(42)59-56)41-15-1-4-17-45(41)57(48)46-18-5-9-22-52(46)61-53-23-10-6-19-47(53)57/h1-33H. The number of benzene rings is 9. The van der Waals surface area contributed by atoms with E-state index in [1.165, 1.54) is 27.6 Å². The third-order valence-electron chi connectivity index (χ3n) is 13.1. The maximum absolute atomic E-state index is 9.64. The fraction of sp³-hybridized carbons (Fsp3) is 0.0175. The Bertz CT molecular complexity index is 3660. The van der Waals surface area contributed by atoms with E-state index in [2.05, 4.69) is 199 Å². The van der Waals surface area contributed by atoms with Crippen molar-refractivity contribution >= 4 is 43.5 Å². The van der Waals surface area contributed by atoms with Crippen molar-refractivity contribution in [1.29, 1.82) is 5.26 Å². The van der Waals surface area contributed by atoms with Crippen molar-refractivity contribution < 1.29 is 4.74 Å². The molecule has 0 fully saturated rings. The van der Waals surface area contributed by atoms with Gasteiger partial charge in [0, 0.05) is 49.3 Å². The van der Waals surface area contributed by atoms with Crippen LogP contribution in [0.15, 0.2) is 200 Å². The van der Waals surface area contributed by atoms with E-state index in [4.69, 9.17) is 9.72 Å². The van der Waals surface area contributed by atoms with Crippen LogP contribution < -0.4 is 4.74 Å². The van der Waals surface area contributed by atoms with Crippen LogP contribution in [0, 0.1) is 11.3 Å². The Labute approximate surface area is 351 Å². The van der Waals surface area contributed by atoms with E-state index in [9.17, 15) is 5.26 Å². The highest BCUT2D eigenvalue weighted by atomic mass is 16.5. The second-order valence-electron chi connectivity index (χ2n) is 16.1.